The summed E-state index contributed by atoms with van der Waals surface area (Å²) in [4.78, 5) is 15.0. The summed E-state index contributed by atoms with van der Waals surface area (Å²) in [5.74, 6) is -0.105. The van der Waals surface area contributed by atoms with E-state index in [9.17, 15) is 13.2 Å². The summed E-state index contributed by atoms with van der Waals surface area (Å²) in [6, 6.07) is 6.14. The zero-order chi connectivity index (χ0) is 19.6. The number of morpholine rings is 1. The molecule has 0 aliphatic carbocycles. The summed E-state index contributed by atoms with van der Waals surface area (Å²) in [6.45, 7) is 8.48. The highest BCUT2D eigenvalue weighted by Crippen LogP contribution is 2.22. The van der Waals surface area contributed by atoms with Crippen LogP contribution in [0.3, 0.4) is 0 Å². The molecule has 0 saturated carbocycles. The van der Waals surface area contributed by atoms with Crippen LogP contribution in [0.2, 0.25) is 0 Å². The van der Waals surface area contributed by atoms with E-state index >= 15 is 0 Å². The van der Waals surface area contributed by atoms with Gasteiger partial charge in [-0.15, -0.1) is 0 Å². The molecule has 2 fully saturated rings. The second-order valence-corrected chi connectivity index (χ2v) is 9.45. The molecule has 27 heavy (non-hydrogen) atoms. The Balaban J connectivity index is 1.63. The van der Waals surface area contributed by atoms with Crippen molar-refractivity contribution in [2.24, 2.45) is 0 Å². The summed E-state index contributed by atoms with van der Waals surface area (Å²) in [5.41, 5.74) is 0.599. The van der Waals surface area contributed by atoms with Gasteiger partial charge < -0.3 is 10.1 Å². The highest BCUT2D eigenvalue weighted by Gasteiger charge is 2.30. The smallest absolute Gasteiger partial charge is 0.243 e. The molecule has 1 amide bonds. The van der Waals surface area contributed by atoms with Crippen molar-refractivity contribution in [3.05, 3.63) is 24.3 Å². The van der Waals surface area contributed by atoms with Gasteiger partial charge in [-0.05, 0) is 57.9 Å². The van der Waals surface area contributed by atoms with Crippen LogP contribution in [0.1, 0.15) is 33.6 Å². The molecule has 150 valence electrons. The lowest BCUT2D eigenvalue weighted by molar-refractivity contribution is -0.126. The fourth-order valence-corrected chi connectivity index (χ4v) is 5.25. The number of ether oxygens (including phenoxy) is 1. The Morgan fingerprint density at radius 1 is 1.11 bits per heavy atom. The largest absolute Gasteiger partial charge is 0.373 e. The van der Waals surface area contributed by atoms with Crippen molar-refractivity contribution in [1.29, 1.82) is 0 Å². The molecule has 1 aromatic rings. The number of hydrogen-bond acceptors (Lipinski definition) is 5. The molecule has 7 nitrogen and oxygen atoms in total. The van der Waals surface area contributed by atoms with Crippen molar-refractivity contribution < 1.29 is 17.9 Å². The number of carbonyl (C=O) groups excluding carboxylic acids is 1. The SMILES string of the molecule is C[C@@H]1CN([C@H](C)C(=O)Nc2ccc(S(=O)(=O)N3CCCC3)cc2)C[C@H](C)O1. The maximum Gasteiger partial charge on any atom is 0.243 e. The number of benzene rings is 1. The minimum Gasteiger partial charge on any atom is -0.373 e. The molecule has 3 rings (SSSR count). The summed E-state index contributed by atoms with van der Waals surface area (Å²) >= 11 is 0. The number of anilines is 1. The summed E-state index contributed by atoms with van der Waals surface area (Å²) < 4.78 is 32.4. The predicted octanol–water partition coefficient (Wildman–Crippen LogP) is 1.91. The molecule has 0 aromatic heterocycles. The first-order valence-corrected chi connectivity index (χ1v) is 11.0. The van der Waals surface area contributed by atoms with Gasteiger partial charge in [0.15, 0.2) is 0 Å². The van der Waals surface area contributed by atoms with Crippen LogP contribution >= 0.6 is 0 Å². The fraction of sp³-hybridized carbons (Fsp3) is 0.632. The molecule has 0 unspecified atom stereocenters. The van der Waals surface area contributed by atoms with Crippen molar-refractivity contribution in [2.45, 2.75) is 56.8 Å². The van der Waals surface area contributed by atoms with E-state index in [2.05, 4.69) is 10.2 Å². The predicted molar refractivity (Wildman–Crippen MR) is 104 cm³/mol. The standard InChI is InChI=1S/C19H29N3O4S/c1-14-12-21(13-15(2)26-14)16(3)19(23)20-17-6-8-18(9-7-17)27(24,25)22-10-4-5-11-22/h6-9,14-16H,4-5,10-13H2,1-3H3,(H,20,23)/t14-,15+,16-/m1/s1. The Kier molecular flexibility index (Phi) is 6.20. The molecule has 0 spiro atoms. The van der Waals surface area contributed by atoms with Gasteiger partial charge in [0, 0.05) is 31.9 Å². The third-order valence-corrected chi connectivity index (χ3v) is 7.11. The maximum atomic E-state index is 12.6. The Morgan fingerprint density at radius 3 is 2.22 bits per heavy atom. The molecule has 0 bridgehead atoms. The zero-order valence-electron chi connectivity index (χ0n) is 16.2. The molecule has 1 N–H and O–H groups in total. The van der Waals surface area contributed by atoms with E-state index in [-0.39, 0.29) is 29.1 Å². The second kappa shape index (κ2) is 8.26. The van der Waals surface area contributed by atoms with Gasteiger partial charge in [-0.1, -0.05) is 0 Å². The lowest BCUT2D eigenvalue weighted by Crippen LogP contribution is -2.52. The average molecular weight is 396 g/mol. The monoisotopic (exact) mass is 395 g/mol. The Morgan fingerprint density at radius 2 is 1.67 bits per heavy atom. The van der Waals surface area contributed by atoms with Gasteiger partial charge in [-0.3, -0.25) is 9.69 Å². The Labute approximate surface area is 161 Å². The number of amides is 1. The van der Waals surface area contributed by atoms with Crippen LogP contribution in [0, 0.1) is 0 Å². The molecule has 2 saturated heterocycles. The molecule has 2 aliphatic rings. The van der Waals surface area contributed by atoms with E-state index in [1.165, 1.54) is 4.31 Å². The van der Waals surface area contributed by atoms with Gasteiger partial charge in [0.2, 0.25) is 15.9 Å². The van der Waals surface area contributed by atoms with Crippen molar-refractivity contribution in [3.8, 4) is 0 Å². The van der Waals surface area contributed by atoms with Crippen LogP contribution in [-0.4, -0.2) is 68.0 Å². The average Bonchev–Trinajstić information content (AvgIpc) is 3.16. The third-order valence-electron chi connectivity index (χ3n) is 5.20. The Hall–Kier alpha value is -1.48. The van der Waals surface area contributed by atoms with Gasteiger partial charge in [0.1, 0.15) is 0 Å². The van der Waals surface area contributed by atoms with Crippen LogP contribution in [0.15, 0.2) is 29.2 Å². The van der Waals surface area contributed by atoms with Crippen molar-refractivity contribution in [2.75, 3.05) is 31.5 Å². The van der Waals surface area contributed by atoms with Crippen molar-refractivity contribution >= 4 is 21.6 Å². The van der Waals surface area contributed by atoms with Crippen molar-refractivity contribution in [1.82, 2.24) is 9.21 Å². The van der Waals surface area contributed by atoms with E-state index in [1.54, 1.807) is 24.3 Å². The van der Waals surface area contributed by atoms with Crippen molar-refractivity contribution in [3.63, 3.8) is 0 Å². The topological polar surface area (TPSA) is 79.0 Å². The highest BCUT2D eigenvalue weighted by atomic mass is 32.2. The van der Waals surface area contributed by atoms with Gasteiger partial charge in [-0.25, -0.2) is 8.42 Å². The minimum absolute atomic E-state index is 0.0964. The quantitative estimate of drug-likeness (QED) is 0.824. The first-order valence-electron chi connectivity index (χ1n) is 9.58. The molecule has 2 aliphatic heterocycles. The number of sulfonamides is 1. The lowest BCUT2D eigenvalue weighted by Gasteiger charge is -2.38. The normalized spacial score (nSPS) is 26.0. The molecular weight excluding hydrogens is 366 g/mol. The van der Waals surface area contributed by atoms with Crippen LogP contribution in [0.25, 0.3) is 0 Å². The number of hydrogen-bond donors (Lipinski definition) is 1. The third kappa shape index (κ3) is 4.68. The summed E-state index contributed by atoms with van der Waals surface area (Å²) in [7, 11) is -3.43. The number of rotatable bonds is 5. The minimum atomic E-state index is -3.43. The van der Waals surface area contributed by atoms with Crippen LogP contribution in [-0.2, 0) is 19.6 Å². The second-order valence-electron chi connectivity index (χ2n) is 7.51. The fourth-order valence-electron chi connectivity index (χ4n) is 3.73. The van der Waals surface area contributed by atoms with Gasteiger partial charge in [0.25, 0.3) is 0 Å². The van der Waals surface area contributed by atoms with Crippen LogP contribution in [0.5, 0.6) is 0 Å². The molecule has 2 heterocycles. The molecular formula is C19H29N3O4S. The van der Waals surface area contributed by atoms with Gasteiger partial charge >= 0.3 is 0 Å². The zero-order valence-corrected chi connectivity index (χ0v) is 17.0. The maximum absolute atomic E-state index is 12.6. The van der Waals surface area contributed by atoms with Crippen LogP contribution in [0.4, 0.5) is 5.69 Å². The Bertz CT molecular complexity index is 750. The van der Waals surface area contributed by atoms with E-state index in [1.807, 2.05) is 20.8 Å². The van der Waals surface area contributed by atoms with Gasteiger partial charge in [0.05, 0.1) is 23.1 Å². The molecule has 1 aromatic carbocycles. The van der Waals surface area contributed by atoms with E-state index in [0.717, 1.165) is 12.8 Å². The molecule has 0 radical (unpaired) electrons. The lowest BCUT2D eigenvalue weighted by atomic mass is 10.1. The van der Waals surface area contributed by atoms with Gasteiger partial charge in [-0.2, -0.15) is 4.31 Å². The number of nitrogens with zero attached hydrogens (tertiary/aromatic N) is 2. The van der Waals surface area contributed by atoms with E-state index in [4.69, 9.17) is 4.74 Å². The highest BCUT2D eigenvalue weighted by molar-refractivity contribution is 7.89. The van der Waals surface area contributed by atoms with E-state index in [0.29, 0.717) is 31.9 Å². The van der Waals surface area contributed by atoms with E-state index < -0.39 is 10.0 Å². The first-order chi connectivity index (χ1) is 12.8. The number of carbonyl (C=O) groups is 1. The molecule has 3 atom stereocenters. The number of nitrogens with one attached hydrogen (secondary N) is 1. The first kappa shape index (κ1) is 20.3. The summed E-state index contributed by atoms with van der Waals surface area (Å²) in [6.07, 6.45) is 2.01. The summed E-state index contributed by atoms with van der Waals surface area (Å²) in [5, 5.41) is 2.89. The molecule has 8 heteroatoms. The van der Waals surface area contributed by atoms with Crippen LogP contribution < -0.4 is 5.32 Å².